The van der Waals surface area contributed by atoms with Crippen LogP contribution in [0.3, 0.4) is 0 Å². The highest BCUT2D eigenvalue weighted by molar-refractivity contribution is 14.0. The zero-order chi connectivity index (χ0) is 19.2. The molecule has 2 rings (SSSR count). The summed E-state index contributed by atoms with van der Waals surface area (Å²) in [6.07, 6.45) is 2.08. The second-order valence-electron chi connectivity index (χ2n) is 6.46. The first-order chi connectivity index (χ1) is 12.4. The van der Waals surface area contributed by atoms with E-state index in [1.807, 2.05) is 13.8 Å². The highest BCUT2D eigenvalue weighted by Gasteiger charge is 2.45. The van der Waals surface area contributed by atoms with Gasteiger partial charge in [-0.05, 0) is 26.7 Å². The Morgan fingerprint density at radius 3 is 2.63 bits per heavy atom. The normalized spacial score (nSPS) is 19.7. The average molecular weight is 508 g/mol. The Hall–Kier alpha value is -1.43. The van der Waals surface area contributed by atoms with Crippen molar-refractivity contribution in [2.45, 2.75) is 45.6 Å². The van der Waals surface area contributed by atoms with Gasteiger partial charge < -0.3 is 16.0 Å². The first-order valence-electron chi connectivity index (χ1n) is 8.89. The molecule has 0 aromatic carbocycles. The number of carbonyl (C=O) groups is 2. The van der Waals surface area contributed by atoms with Crippen LogP contribution in [-0.2, 0) is 11.2 Å². The standard InChI is InChI=1S/C17H28N6O2S.HI/c1-5-17(3)14(24)23(16(25)22-17)10-6-8-19-15(18-4)20-9-7-13-11-26-12(2)21-13;/h11H,5-10H2,1-4H3,(H,22,25)(H2,18,19,20);1H. The van der Waals surface area contributed by atoms with Gasteiger partial charge in [0, 0.05) is 38.5 Å². The van der Waals surface area contributed by atoms with Gasteiger partial charge in [0.15, 0.2) is 5.96 Å². The van der Waals surface area contributed by atoms with E-state index in [-0.39, 0.29) is 35.9 Å². The fourth-order valence-electron chi connectivity index (χ4n) is 2.69. The predicted octanol–water partition coefficient (Wildman–Crippen LogP) is 1.89. The van der Waals surface area contributed by atoms with Crippen molar-refractivity contribution in [2.24, 2.45) is 4.99 Å². The first kappa shape index (κ1) is 23.6. The summed E-state index contributed by atoms with van der Waals surface area (Å²) in [5.41, 5.74) is 0.309. The molecule has 1 aromatic heterocycles. The molecule has 152 valence electrons. The van der Waals surface area contributed by atoms with Crippen molar-refractivity contribution in [2.75, 3.05) is 26.7 Å². The molecule has 3 N–H and O–H groups in total. The maximum Gasteiger partial charge on any atom is 0.325 e. The minimum Gasteiger partial charge on any atom is -0.356 e. The summed E-state index contributed by atoms with van der Waals surface area (Å²) >= 11 is 1.65. The number of nitrogens with one attached hydrogen (secondary N) is 3. The number of aliphatic imine (C=N–C) groups is 1. The molecule has 0 spiro atoms. The number of aromatic nitrogens is 1. The fourth-order valence-corrected chi connectivity index (χ4v) is 3.33. The van der Waals surface area contributed by atoms with Gasteiger partial charge in [0.05, 0.1) is 10.7 Å². The van der Waals surface area contributed by atoms with Crippen molar-refractivity contribution in [3.8, 4) is 0 Å². The number of carbonyl (C=O) groups excluding carboxylic acids is 2. The largest absolute Gasteiger partial charge is 0.356 e. The fraction of sp³-hybridized carbons (Fsp3) is 0.647. The maximum atomic E-state index is 12.3. The smallest absolute Gasteiger partial charge is 0.325 e. The molecule has 3 amide bonds. The van der Waals surface area contributed by atoms with Crippen LogP contribution in [0.5, 0.6) is 0 Å². The lowest BCUT2D eigenvalue weighted by Crippen LogP contribution is -2.43. The number of aryl methyl sites for hydroxylation is 1. The number of halogens is 1. The minimum absolute atomic E-state index is 0. The van der Waals surface area contributed by atoms with Crippen molar-refractivity contribution in [3.05, 3.63) is 16.1 Å². The predicted molar refractivity (Wildman–Crippen MR) is 119 cm³/mol. The highest BCUT2D eigenvalue weighted by Crippen LogP contribution is 2.20. The lowest BCUT2D eigenvalue weighted by Gasteiger charge is -2.19. The lowest BCUT2D eigenvalue weighted by atomic mass is 9.99. The SMILES string of the molecule is CCC1(C)NC(=O)N(CCCNC(=NC)NCCc2csc(C)n2)C1=O.I. The Morgan fingerprint density at radius 2 is 2.07 bits per heavy atom. The van der Waals surface area contributed by atoms with Crippen LogP contribution in [0.4, 0.5) is 4.79 Å². The van der Waals surface area contributed by atoms with E-state index in [9.17, 15) is 9.59 Å². The van der Waals surface area contributed by atoms with E-state index >= 15 is 0 Å². The van der Waals surface area contributed by atoms with Crippen molar-refractivity contribution < 1.29 is 9.59 Å². The molecule has 8 nitrogen and oxygen atoms in total. The number of urea groups is 1. The van der Waals surface area contributed by atoms with Gasteiger partial charge in [0.1, 0.15) is 5.54 Å². The van der Waals surface area contributed by atoms with Crippen molar-refractivity contribution in [1.82, 2.24) is 25.8 Å². The van der Waals surface area contributed by atoms with Crippen molar-refractivity contribution in [1.29, 1.82) is 0 Å². The zero-order valence-corrected chi connectivity index (χ0v) is 19.4. The molecule has 1 aliphatic heterocycles. The lowest BCUT2D eigenvalue weighted by molar-refractivity contribution is -0.130. The van der Waals surface area contributed by atoms with Gasteiger partial charge in [-0.3, -0.25) is 14.7 Å². The monoisotopic (exact) mass is 508 g/mol. The van der Waals surface area contributed by atoms with Gasteiger partial charge in [-0.1, -0.05) is 6.92 Å². The van der Waals surface area contributed by atoms with Crippen LogP contribution in [0.15, 0.2) is 10.4 Å². The molecular formula is C17H29IN6O2S. The Kier molecular flexibility index (Phi) is 9.43. The molecule has 1 atom stereocenters. The van der Waals surface area contributed by atoms with Gasteiger partial charge >= 0.3 is 6.03 Å². The summed E-state index contributed by atoms with van der Waals surface area (Å²) in [5.74, 6) is 0.554. The number of amides is 3. The van der Waals surface area contributed by atoms with Crippen LogP contribution in [0.25, 0.3) is 0 Å². The number of nitrogens with zero attached hydrogens (tertiary/aromatic N) is 3. The van der Waals surface area contributed by atoms with E-state index in [0.717, 1.165) is 23.7 Å². The Bertz CT molecular complexity index is 680. The molecule has 0 saturated carbocycles. The molecule has 2 heterocycles. The van der Waals surface area contributed by atoms with Gasteiger partial charge in [-0.2, -0.15) is 0 Å². The number of guanidine groups is 1. The van der Waals surface area contributed by atoms with Crippen molar-refractivity contribution >= 4 is 53.2 Å². The average Bonchev–Trinajstić information content (AvgIpc) is 3.12. The van der Waals surface area contributed by atoms with Crippen LogP contribution in [0, 0.1) is 6.92 Å². The Labute approximate surface area is 181 Å². The molecule has 0 radical (unpaired) electrons. The zero-order valence-electron chi connectivity index (χ0n) is 16.3. The van der Waals surface area contributed by atoms with Crippen LogP contribution < -0.4 is 16.0 Å². The highest BCUT2D eigenvalue weighted by atomic mass is 127. The van der Waals surface area contributed by atoms with Gasteiger partial charge in [0.2, 0.25) is 0 Å². The number of imide groups is 1. The van der Waals surface area contributed by atoms with E-state index < -0.39 is 5.54 Å². The number of thiazole rings is 1. The van der Waals surface area contributed by atoms with E-state index in [1.54, 1.807) is 25.3 Å². The third-order valence-electron chi connectivity index (χ3n) is 4.47. The van der Waals surface area contributed by atoms with Gasteiger partial charge in [-0.25, -0.2) is 9.78 Å². The van der Waals surface area contributed by atoms with E-state index in [0.29, 0.717) is 31.9 Å². The molecule has 1 saturated heterocycles. The quantitative estimate of drug-likeness (QED) is 0.164. The molecule has 0 aliphatic carbocycles. The summed E-state index contributed by atoms with van der Waals surface area (Å²) < 4.78 is 0. The number of hydrogen-bond acceptors (Lipinski definition) is 5. The van der Waals surface area contributed by atoms with Crippen LogP contribution in [0.1, 0.15) is 37.4 Å². The number of rotatable bonds is 8. The summed E-state index contributed by atoms with van der Waals surface area (Å²) in [5, 5.41) is 12.3. The molecule has 1 aliphatic rings. The van der Waals surface area contributed by atoms with Crippen LogP contribution in [0.2, 0.25) is 0 Å². The number of hydrogen-bond donors (Lipinski definition) is 3. The molecule has 10 heteroatoms. The van der Waals surface area contributed by atoms with Gasteiger partial charge in [0.25, 0.3) is 5.91 Å². The topological polar surface area (TPSA) is 98.7 Å². The van der Waals surface area contributed by atoms with E-state index in [1.165, 1.54) is 4.90 Å². The molecule has 27 heavy (non-hydrogen) atoms. The van der Waals surface area contributed by atoms with E-state index in [2.05, 4.69) is 31.3 Å². The van der Waals surface area contributed by atoms with Crippen LogP contribution in [-0.4, -0.2) is 60.0 Å². The van der Waals surface area contributed by atoms with Gasteiger partial charge in [-0.15, -0.1) is 35.3 Å². The van der Waals surface area contributed by atoms with Crippen molar-refractivity contribution in [3.63, 3.8) is 0 Å². The third kappa shape index (κ3) is 6.30. The second-order valence-corrected chi connectivity index (χ2v) is 7.52. The second kappa shape index (κ2) is 10.8. The molecule has 1 aromatic rings. The Morgan fingerprint density at radius 1 is 1.37 bits per heavy atom. The third-order valence-corrected chi connectivity index (χ3v) is 5.29. The molecule has 1 fully saturated rings. The maximum absolute atomic E-state index is 12.3. The Balaban J connectivity index is 0.00000364. The van der Waals surface area contributed by atoms with Crippen LogP contribution >= 0.6 is 35.3 Å². The molecule has 0 bridgehead atoms. The van der Waals surface area contributed by atoms with E-state index in [4.69, 9.17) is 0 Å². The summed E-state index contributed by atoms with van der Waals surface area (Å²) in [7, 11) is 1.71. The minimum atomic E-state index is -0.768. The summed E-state index contributed by atoms with van der Waals surface area (Å²) in [4.78, 5) is 34.2. The molecular weight excluding hydrogens is 479 g/mol. The summed E-state index contributed by atoms with van der Waals surface area (Å²) in [6, 6.07) is -0.305. The summed E-state index contributed by atoms with van der Waals surface area (Å²) in [6.45, 7) is 7.41. The first-order valence-corrected chi connectivity index (χ1v) is 9.77. The molecule has 1 unspecified atom stereocenters.